The fraction of sp³-hybridized carbons (Fsp3) is 0.636. The van der Waals surface area contributed by atoms with E-state index < -0.39 is 15.6 Å². The van der Waals surface area contributed by atoms with Crippen molar-refractivity contribution in [1.82, 2.24) is 9.29 Å². The molecule has 6 nitrogen and oxygen atoms in total. The monoisotopic (exact) mass is 274 g/mol. The number of hydrogen-bond acceptors (Lipinski definition) is 4. The number of sulfonamides is 1. The maximum atomic E-state index is 12.0. The zero-order valence-corrected chi connectivity index (χ0v) is 11.3. The summed E-state index contributed by atoms with van der Waals surface area (Å²) in [7, 11) is -1.83. The minimum absolute atomic E-state index is 0.0363. The van der Waals surface area contributed by atoms with Crippen LogP contribution in [0.15, 0.2) is 23.4 Å². The Morgan fingerprint density at radius 2 is 2.39 bits per heavy atom. The van der Waals surface area contributed by atoms with E-state index in [0.29, 0.717) is 13.0 Å². The molecule has 0 aromatic carbocycles. The van der Waals surface area contributed by atoms with Gasteiger partial charge in [0.25, 0.3) is 0 Å². The first kappa shape index (κ1) is 13.5. The van der Waals surface area contributed by atoms with Gasteiger partial charge < -0.3 is 14.4 Å². The molecule has 0 amide bonds. The Bertz CT molecular complexity index is 525. The lowest BCUT2D eigenvalue weighted by atomic mass is 9.97. The molecule has 1 aromatic heterocycles. The molecule has 7 heteroatoms. The normalized spacial score (nSPS) is 28.7. The van der Waals surface area contributed by atoms with Crippen LogP contribution in [0.1, 0.15) is 13.3 Å². The van der Waals surface area contributed by atoms with Gasteiger partial charge in [-0.25, -0.2) is 13.1 Å². The molecule has 18 heavy (non-hydrogen) atoms. The topological polar surface area (TPSA) is 80.6 Å². The van der Waals surface area contributed by atoms with Gasteiger partial charge in [-0.15, -0.1) is 0 Å². The summed E-state index contributed by atoms with van der Waals surface area (Å²) in [6.07, 6.45) is 3.24. The second-order valence-electron chi connectivity index (χ2n) is 4.70. The third-order valence-electron chi connectivity index (χ3n) is 3.34. The lowest BCUT2D eigenvalue weighted by molar-refractivity contribution is -0.0228. The fourth-order valence-electron chi connectivity index (χ4n) is 1.94. The summed E-state index contributed by atoms with van der Waals surface area (Å²) in [5.74, 6) is 0. The van der Waals surface area contributed by atoms with Crippen LogP contribution in [0.5, 0.6) is 0 Å². The second-order valence-corrected chi connectivity index (χ2v) is 6.47. The molecular formula is C11H18N2O4S. The number of ether oxygens (including phenoxy) is 1. The van der Waals surface area contributed by atoms with Crippen molar-refractivity contribution in [3.8, 4) is 0 Å². The number of rotatable bonds is 4. The van der Waals surface area contributed by atoms with Gasteiger partial charge in [0, 0.05) is 39.0 Å². The van der Waals surface area contributed by atoms with Crippen LogP contribution in [0.2, 0.25) is 0 Å². The van der Waals surface area contributed by atoms with Crippen LogP contribution in [0, 0.1) is 0 Å². The molecule has 2 heterocycles. The zero-order chi connectivity index (χ0) is 13.4. The van der Waals surface area contributed by atoms with Crippen molar-refractivity contribution >= 4 is 10.0 Å². The Morgan fingerprint density at radius 1 is 1.67 bits per heavy atom. The van der Waals surface area contributed by atoms with Crippen molar-refractivity contribution in [2.75, 3.05) is 13.2 Å². The summed E-state index contributed by atoms with van der Waals surface area (Å²) in [4.78, 5) is 0.195. The highest BCUT2D eigenvalue weighted by Gasteiger charge is 2.40. The third-order valence-corrected chi connectivity index (χ3v) is 4.73. The van der Waals surface area contributed by atoms with E-state index in [9.17, 15) is 13.5 Å². The number of nitrogens with zero attached hydrogens (tertiary/aromatic N) is 1. The Balaban J connectivity index is 2.06. The molecule has 0 aliphatic carbocycles. The van der Waals surface area contributed by atoms with Gasteiger partial charge in [-0.1, -0.05) is 0 Å². The summed E-state index contributed by atoms with van der Waals surface area (Å²) < 4.78 is 33.3. The van der Waals surface area contributed by atoms with Crippen LogP contribution >= 0.6 is 0 Å². The predicted molar refractivity (Wildman–Crippen MR) is 65.6 cm³/mol. The highest BCUT2D eigenvalue weighted by atomic mass is 32.2. The van der Waals surface area contributed by atoms with Crippen molar-refractivity contribution in [2.24, 2.45) is 7.05 Å². The average molecular weight is 274 g/mol. The lowest BCUT2D eigenvalue weighted by Gasteiger charge is -2.25. The molecule has 1 fully saturated rings. The fourth-order valence-corrected chi connectivity index (χ4v) is 3.09. The number of aliphatic hydroxyl groups is 1. The largest absolute Gasteiger partial charge is 0.386 e. The maximum Gasteiger partial charge on any atom is 0.242 e. The number of aryl methyl sites for hydroxylation is 1. The molecule has 1 aliphatic rings. The van der Waals surface area contributed by atoms with E-state index in [1.54, 1.807) is 24.7 Å². The molecule has 0 bridgehead atoms. The molecule has 2 atom stereocenters. The Hall–Kier alpha value is -0.890. The molecule has 2 rings (SSSR count). The van der Waals surface area contributed by atoms with E-state index in [1.165, 1.54) is 12.3 Å². The first-order valence-corrected chi connectivity index (χ1v) is 7.27. The van der Waals surface area contributed by atoms with E-state index in [-0.39, 0.29) is 17.5 Å². The number of aromatic nitrogens is 1. The van der Waals surface area contributed by atoms with Crippen LogP contribution in [-0.2, 0) is 21.8 Å². The van der Waals surface area contributed by atoms with E-state index in [1.807, 2.05) is 0 Å². The molecule has 102 valence electrons. The molecule has 2 N–H and O–H groups in total. The van der Waals surface area contributed by atoms with Crippen LogP contribution in [0.4, 0.5) is 0 Å². The standard InChI is InChI=1S/C11H18N2O4S/c1-9-11(14,4-6-17-9)8-12-18(15,16)10-3-5-13(2)7-10/h3,5,7,9,12,14H,4,6,8H2,1-2H3. The average Bonchev–Trinajstić information content (AvgIpc) is 2.86. The molecule has 2 unspecified atom stereocenters. The van der Waals surface area contributed by atoms with Crippen molar-refractivity contribution in [1.29, 1.82) is 0 Å². The zero-order valence-electron chi connectivity index (χ0n) is 10.5. The first-order valence-electron chi connectivity index (χ1n) is 5.79. The molecule has 0 saturated carbocycles. The van der Waals surface area contributed by atoms with Crippen molar-refractivity contribution < 1.29 is 18.3 Å². The van der Waals surface area contributed by atoms with E-state index in [0.717, 1.165) is 0 Å². The predicted octanol–water partition coefficient (Wildman–Crippen LogP) is -0.157. The van der Waals surface area contributed by atoms with E-state index in [4.69, 9.17) is 4.74 Å². The minimum atomic E-state index is -3.57. The molecule has 0 radical (unpaired) electrons. The van der Waals surface area contributed by atoms with Crippen molar-refractivity contribution in [3.63, 3.8) is 0 Å². The van der Waals surface area contributed by atoms with Crippen LogP contribution < -0.4 is 4.72 Å². The summed E-state index contributed by atoms with van der Waals surface area (Å²) in [5, 5.41) is 10.2. The van der Waals surface area contributed by atoms with Crippen molar-refractivity contribution in [2.45, 2.75) is 29.9 Å². The van der Waals surface area contributed by atoms with Gasteiger partial charge in [-0.2, -0.15) is 0 Å². The number of hydrogen-bond donors (Lipinski definition) is 2. The molecular weight excluding hydrogens is 256 g/mol. The molecule has 1 aromatic rings. The maximum absolute atomic E-state index is 12.0. The molecule has 0 spiro atoms. The molecule has 1 saturated heterocycles. The van der Waals surface area contributed by atoms with Gasteiger partial charge in [0.2, 0.25) is 10.0 Å². The van der Waals surface area contributed by atoms with Crippen molar-refractivity contribution in [3.05, 3.63) is 18.5 Å². The van der Waals surface area contributed by atoms with Gasteiger partial charge in [0.15, 0.2) is 0 Å². The summed E-state index contributed by atoms with van der Waals surface area (Å²) in [6.45, 7) is 2.15. The second kappa shape index (κ2) is 4.65. The Kier molecular flexibility index (Phi) is 3.50. The number of nitrogens with one attached hydrogen (secondary N) is 1. The lowest BCUT2D eigenvalue weighted by Crippen LogP contribution is -2.47. The smallest absolute Gasteiger partial charge is 0.242 e. The first-order chi connectivity index (χ1) is 8.33. The van der Waals surface area contributed by atoms with Gasteiger partial charge >= 0.3 is 0 Å². The van der Waals surface area contributed by atoms with Gasteiger partial charge in [-0.05, 0) is 13.0 Å². The third kappa shape index (κ3) is 2.59. The van der Waals surface area contributed by atoms with Crippen LogP contribution in [0.25, 0.3) is 0 Å². The Labute approximate surface area is 107 Å². The van der Waals surface area contributed by atoms with Gasteiger partial charge in [-0.3, -0.25) is 0 Å². The minimum Gasteiger partial charge on any atom is -0.386 e. The van der Waals surface area contributed by atoms with E-state index >= 15 is 0 Å². The van der Waals surface area contributed by atoms with Crippen LogP contribution in [0.3, 0.4) is 0 Å². The molecule has 1 aliphatic heterocycles. The summed E-state index contributed by atoms with van der Waals surface area (Å²) >= 11 is 0. The summed E-state index contributed by atoms with van der Waals surface area (Å²) in [6, 6.07) is 1.51. The summed E-state index contributed by atoms with van der Waals surface area (Å²) in [5.41, 5.74) is -1.12. The van der Waals surface area contributed by atoms with Gasteiger partial charge in [0.05, 0.1) is 11.0 Å². The SMILES string of the molecule is CC1OCCC1(O)CNS(=O)(=O)c1ccn(C)c1. The van der Waals surface area contributed by atoms with Gasteiger partial charge in [0.1, 0.15) is 5.60 Å². The quantitative estimate of drug-likeness (QED) is 0.799. The van der Waals surface area contributed by atoms with Crippen LogP contribution in [-0.4, -0.2) is 42.9 Å². The van der Waals surface area contributed by atoms with E-state index in [2.05, 4.69) is 4.72 Å². The highest BCUT2D eigenvalue weighted by molar-refractivity contribution is 7.89. The highest BCUT2D eigenvalue weighted by Crippen LogP contribution is 2.25. The Morgan fingerprint density at radius 3 is 2.89 bits per heavy atom.